The van der Waals surface area contributed by atoms with E-state index < -0.39 is 0 Å². The van der Waals surface area contributed by atoms with E-state index in [1.807, 2.05) is 18.7 Å². The molecule has 0 aromatic carbocycles. The fraction of sp³-hybridized carbons (Fsp3) is 0.600. The number of aryl methyl sites for hydroxylation is 2. The van der Waals surface area contributed by atoms with Crippen LogP contribution in [0, 0.1) is 13.8 Å². The number of nitrogens with one attached hydrogen (secondary N) is 1. The highest BCUT2D eigenvalue weighted by Gasteiger charge is 2.31. The molecule has 2 saturated heterocycles. The first-order valence-corrected chi connectivity index (χ1v) is 10.2. The average molecular weight is 401 g/mol. The van der Waals surface area contributed by atoms with E-state index in [4.69, 9.17) is 9.26 Å². The molecule has 2 aliphatic rings. The number of carbonyl (C=O) groups excluding carboxylic acids is 2. The number of hydrogen-bond donors (Lipinski definition) is 1. The first-order chi connectivity index (χ1) is 14.0. The second kappa shape index (κ2) is 8.36. The maximum Gasteiger partial charge on any atom is 0.274 e. The van der Waals surface area contributed by atoms with Gasteiger partial charge in [-0.25, -0.2) is 0 Å². The van der Waals surface area contributed by atoms with Crippen molar-refractivity contribution in [3.8, 4) is 0 Å². The van der Waals surface area contributed by atoms with Crippen LogP contribution in [0.1, 0.15) is 58.5 Å². The Bertz CT molecular complexity index is 864. The third-order valence-electron chi connectivity index (χ3n) is 5.81. The fourth-order valence-corrected chi connectivity index (χ4v) is 4.11. The molecular weight excluding hydrogens is 374 g/mol. The van der Waals surface area contributed by atoms with Gasteiger partial charge in [0, 0.05) is 25.2 Å². The average Bonchev–Trinajstić information content (AvgIpc) is 3.36. The van der Waals surface area contributed by atoms with Crippen molar-refractivity contribution in [3.63, 3.8) is 0 Å². The second-order valence-electron chi connectivity index (χ2n) is 7.69. The van der Waals surface area contributed by atoms with Gasteiger partial charge in [-0.05, 0) is 39.2 Å². The Morgan fingerprint density at radius 3 is 2.72 bits per heavy atom. The Balaban J connectivity index is 1.49. The summed E-state index contributed by atoms with van der Waals surface area (Å²) in [6.45, 7) is 6.63. The van der Waals surface area contributed by atoms with Crippen molar-refractivity contribution in [1.82, 2.24) is 25.2 Å². The van der Waals surface area contributed by atoms with E-state index in [1.165, 1.54) is 0 Å². The predicted octanol–water partition coefficient (Wildman–Crippen LogP) is 1.78. The SMILES string of the molecule is Cc1noc(C)c1CC(=O)N1CCCCC1c1cc(C(=O)N2CCOCC2)n[nH]1. The highest BCUT2D eigenvalue weighted by molar-refractivity contribution is 5.92. The van der Waals surface area contributed by atoms with Crippen LogP contribution in [0.5, 0.6) is 0 Å². The van der Waals surface area contributed by atoms with Gasteiger partial charge >= 0.3 is 0 Å². The molecule has 0 saturated carbocycles. The van der Waals surface area contributed by atoms with Gasteiger partial charge in [-0.1, -0.05) is 5.16 Å². The summed E-state index contributed by atoms with van der Waals surface area (Å²) in [5.74, 6) is 0.629. The molecule has 2 aromatic heterocycles. The molecule has 1 unspecified atom stereocenters. The zero-order valence-corrected chi connectivity index (χ0v) is 16.9. The minimum atomic E-state index is -0.101. The smallest absolute Gasteiger partial charge is 0.274 e. The number of likely N-dealkylation sites (tertiary alicyclic amines) is 1. The number of ether oxygens (including phenoxy) is 1. The van der Waals surface area contributed by atoms with Crippen LogP contribution < -0.4 is 0 Å². The zero-order chi connectivity index (χ0) is 20.4. The van der Waals surface area contributed by atoms with Crippen molar-refractivity contribution in [3.05, 3.63) is 34.5 Å². The van der Waals surface area contributed by atoms with Crippen molar-refractivity contribution in [2.24, 2.45) is 0 Å². The zero-order valence-electron chi connectivity index (χ0n) is 16.9. The molecule has 1 atom stereocenters. The molecule has 2 aliphatic heterocycles. The largest absolute Gasteiger partial charge is 0.378 e. The van der Waals surface area contributed by atoms with Crippen LogP contribution in [0.2, 0.25) is 0 Å². The number of amides is 2. The summed E-state index contributed by atoms with van der Waals surface area (Å²) in [5.41, 5.74) is 2.82. The standard InChI is InChI=1S/C20H27N5O4/c1-13-15(14(2)29-23-13)11-19(26)25-6-4-3-5-18(25)16-12-17(22-21-16)20(27)24-7-9-28-10-8-24/h12,18H,3-11H2,1-2H3,(H,21,22). The molecule has 2 amide bonds. The number of rotatable bonds is 4. The van der Waals surface area contributed by atoms with E-state index >= 15 is 0 Å². The first-order valence-electron chi connectivity index (χ1n) is 10.2. The lowest BCUT2D eigenvalue weighted by molar-refractivity contribution is -0.134. The van der Waals surface area contributed by atoms with E-state index in [0.717, 1.165) is 36.2 Å². The molecule has 2 fully saturated rings. The first kappa shape index (κ1) is 19.6. The van der Waals surface area contributed by atoms with Crippen LogP contribution in [-0.2, 0) is 16.0 Å². The minimum Gasteiger partial charge on any atom is -0.378 e. The van der Waals surface area contributed by atoms with Crippen LogP contribution in [-0.4, -0.2) is 69.8 Å². The van der Waals surface area contributed by atoms with Crippen LogP contribution in [0.25, 0.3) is 0 Å². The van der Waals surface area contributed by atoms with Crippen LogP contribution in [0.15, 0.2) is 10.6 Å². The van der Waals surface area contributed by atoms with Crippen molar-refractivity contribution < 1.29 is 18.8 Å². The normalized spacial score (nSPS) is 20.1. The molecular formula is C20H27N5O4. The lowest BCUT2D eigenvalue weighted by Gasteiger charge is -2.35. The number of carbonyl (C=O) groups is 2. The van der Waals surface area contributed by atoms with Gasteiger partial charge in [0.05, 0.1) is 37.1 Å². The topological polar surface area (TPSA) is 105 Å². The molecule has 0 radical (unpaired) electrons. The number of nitrogens with zero attached hydrogens (tertiary/aromatic N) is 4. The second-order valence-corrected chi connectivity index (χ2v) is 7.69. The number of aromatic nitrogens is 3. The number of H-pyrrole nitrogens is 1. The third kappa shape index (κ3) is 4.05. The van der Waals surface area contributed by atoms with Crippen LogP contribution >= 0.6 is 0 Å². The van der Waals surface area contributed by atoms with Crippen LogP contribution in [0.4, 0.5) is 0 Å². The van der Waals surface area contributed by atoms with E-state index in [9.17, 15) is 9.59 Å². The summed E-state index contributed by atoms with van der Waals surface area (Å²) < 4.78 is 10.5. The summed E-state index contributed by atoms with van der Waals surface area (Å²) in [6.07, 6.45) is 3.12. The fourth-order valence-electron chi connectivity index (χ4n) is 4.11. The van der Waals surface area contributed by atoms with E-state index in [2.05, 4.69) is 15.4 Å². The summed E-state index contributed by atoms with van der Waals surface area (Å²) >= 11 is 0. The predicted molar refractivity (Wildman–Crippen MR) is 103 cm³/mol. The van der Waals surface area contributed by atoms with Crippen LogP contribution in [0.3, 0.4) is 0 Å². The molecule has 9 nitrogen and oxygen atoms in total. The highest BCUT2D eigenvalue weighted by Crippen LogP contribution is 2.31. The Morgan fingerprint density at radius 1 is 1.21 bits per heavy atom. The molecule has 4 heterocycles. The van der Waals surface area contributed by atoms with Crippen molar-refractivity contribution in [2.45, 2.75) is 45.6 Å². The van der Waals surface area contributed by atoms with E-state index in [1.54, 1.807) is 11.0 Å². The summed E-state index contributed by atoms with van der Waals surface area (Å²) in [6, 6.07) is 1.69. The Morgan fingerprint density at radius 2 is 2.00 bits per heavy atom. The van der Waals surface area contributed by atoms with Gasteiger partial charge in [0.25, 0.3) is 5.91 Å². The lowest BCUT2D eigenvalue weighted by atomic mass is 9.97. The number of hydrogen-bond acceptors (Lipinski definition) is 6. The molecule has 156 valence electrons. The number of piperidine rings is 1. The maximum absolute atomic E-state index is 13.1. The van der Waals surface area contributed by atoms with Crippen molar-refractivity contribution in [1.29, 1.82) is 0 Å². The van der Waals surface area contributed by atoms with Gasteiger partial charge in [0.15, 0.2) is 0 Å². The van der Waals surface area contributed by atoms with E-state index in [0.29, 0.717) is 44.3 Å². The Kier molecular flexibility index (Phi) is 5.66. The lowest BCUT2D eigenvalue weighted by Crippen LogP contribution is -2.41. The van der Waals surface area contributed by atoms with Gasteiger partial charge in [0.2, 0.25) is 5.91 Å². The van der Waals surface area contributed by atoms with E-state index in [-0.39, 0.29) is 24.3 Å². The number of morpholine rings is 1. The molecule has 1 N–H and O–H groups in total. The Labute approximate surface area is 169 Å². The molecule has 2 aromatic rings. The monoisotopic (exact) mass is 401 g/mol. The third-order valence-corrected chi connectivity index (χ3v) is 5.81. The summed E-state index contributed by atoms with van der Waals surface area (Å²) in [4.78, 5) is 29.4. The molecule has 0 bridgehead atoms. The highest BCUT2D eigenvalue weighted by atomic mass is 16.5. The van der Waals surface area contributed by atoms with Gasteiger partial charge in [0.1, 0.15) is 11.5 Å². The van der Waals surface area contributed by atoms with Crippen molar-refractivity contribution in [2.75, 3.05) is 32.8 Å². The van der Waals surface area contributed by atoms with Gasteiger partial charge in [-0.3, -0.25) is 14.7 Å². The van der Waals surface area contributed by atoms with Gasteiger partial charge in [-0.15, -0.1) is 0 Å². The molecule has 4 rings (SSSR count). The summed E-state index contributed by atoms with van der Waals surface area (Å²) in [7, 11) is 0. The van der Waals surface area contributed by atoms with Gasteiger partial charge in [-0.2, -0.15) is 5.10 Å². The molecule has 0 aliphatic carbocycles. The minimum absolute atomic E-state index is 0.0414. The molecule has 29 heavy (non-hydrogen) atoms. The summed E-state index contributed by atoms with van der Waals surface area (Å²) in [5, 5.41) is 11.2. The maximum atomic E-state index is 13.1. The Hall–Kier alpha value is -2.68. The number of aromatic amines is 1. The van der Waals surface area contributed by atoms with Crippen molar-refractivity contribution >= 4 is 11.8 Å². The molecule has 0 spiro atoms. The molecule has 9 heteroatoms. The quantitative estimate of drug-likeness (QED) is 0.837. The van der Waals surface area contributed by atoms with Gasteiger partial charge < -0.3 is 19.1 Å².